The quantitative estimate of drug-likeness (QED) is 0.719. The molecule has 0 aliphatic rings. The number of hydrogen-bond donors (Lipinski definition) is 1. The molecule has 2 aromatic carbocycles. The number of nitrogens with zero attached hydrogens (tertiary/aromatic N) is 2. The summed E-state index contributed by atoms with van der Waals surface area (Å²) in [6.45, 7) is 1.60. The van der Waals surface area contributed by atoms with Crippen molar-refractivity contribution in [3.05, 3.63) is 59.1 Å². The molecule has 0 saturated carbocycles. The van der Waals surface area contributed by atoms with Crippen molar-refractivity contribution in [1.82, 2.24) is 4.98 Å². The van der Waals surface area contributed by atoms with Crippen molar-refractivity contribution in [3.8, 4) is 0 Å². The van der Waals surface area contributed by atoms with Crippen molar-refractivity contribution in [3.63, 3.8) is 0 Å². The van der Waals surface area contributed by atoms with Crippen LogP contribution in [0.3, 0.4) is 0 Å². The Balaban J connectivity index is 1.94. The Morgan fingerprint density at radius 2 is 1.88 bits per heavy atom. The fourth-order valence-corrected chi connectivity index (χ4v) is 3.84. The summed E-state index contributed by atoms with van der Waals surface area (Å²) in [5, 5.41) is 1.19. The predicted molar refractivity (Wildman–Crippen MR) is 105 cm³/mol. The van der Waals surface area contributed by atoms with Gasteiger partial charge >= 0.3 is 0 Å². The van der Waals surface area contributed by atoms with E-state index in [2.05, 4.69) is 19.1 Å². The maximum atomic E-state index is 13.1. The van der Waals surface area contributed by atoms with Crippen molar-refractivity contribution >= 4 is 44.2 Å². The molecule has 1 N–H and O–H groups in total. The van der Waals surface area contributed by atoms with Crippen molar-refractivity contribution in [2.45, 2.75) is 6.42 Å². The third-order valence-corrected chi connectivity index (χ3v) is 5.31. The number of halogens is 1. The van der Waals surface area contributed by atoms with Gasteiger partial charge in [0.25, 0.3) is 5.91 Å². The van der Waals surface area contributed by atoms with E-state index in [-0.39, 0.29) is 5.91 Å². The zero-order chi connectivity index (χ0) is 17.8. The second-order valence-electron chi connectivity index (χ2n) is 6.21. The minimum atomic E-state index is -0.0987. The molecule has 0 saturated heterocycles. The van der Waals surface area contributed by atoms with Crippen LogP contribution in [0.25, 0.3) is 10.2 Å². The molecular weight excluding hydrogens is 354 g/mol. The summed E-state index contributed by atoms with van der Waals surface area (Å²) in [6.07, 6.45) is 0.897. The molecule has 0 radical (unpaired) electrons. The number of fused-ring (bicyclic) bond motifs is 1. The maximum absolute atomic E-state index is 13.1. The molecule has 3 aromatic rings. The highest BCUT2D eigenvalue weighted by molar-refractivity contribution is 7.22. The molecule has 0 fully saturated rings. The second kappa shape index (κ2) is 7.95. The Morgan fingerprint density at radius 3 is 2.60 bits per heavy atom. The van der Waals surface area contributed by atoms with Gasteiger partial charge in [-0.05, 0) is 24.3 Å². The molecule has 130 valence electrons. The van der Waals surface area contributed by atoms with Crippen LogP contribution < -0.4 is 9.80 Å². The molecule has 0 unspecified atom stereocenters. The molecule has 1 amide bonds. The fourth-order valence-electron chi connectivity index (χ4n) is 2.63. The van der Waals surface area contributed by atoms with Crippen LogP contribution in [0.5, 0.6) is 0 Å². The molecule has 0 spiro atoms. The number of rotatable bonds is 6. The van der Waals surface area contributed by atoms with Gasteiger partial charge in [0.05, 0.1) is 41.4 Å². The Morgan fingerprint density at radius 1 is 1.16 bits per heavy atom. The summed E-state index contributed by atoms with van der Waals surface area (Å²) >= 11 is 7.78. The van der Waals surface area contributed by atoms with Gasteiger partial charge in [0.2, 0.25) is 0 Å². The number of amides is 1. The van der Waals surface area contributed by atoms with Crippen LogP contribution >= 0.6 is 22.9 Å². The van der Waals surface area contributed by atoms with Gasteiger partial charge in [-0.2, -0.15) is 0 Å². The monoisotopic (exact) mass is 374 g/mol. The first-order valence-corrected chi connectivity index (χ1v) is 9.46. The summed E-state index contributed by atoms with van der Waals surface area (Å²) in [4.78, 5) is 20.9. The van der Waals surface area contributed by atoms with Gasteiger partial charge < -0.3 is 4.90 Å². The molecule has 4 nitrogen and oxygen atoms in total. The van der Waals surface area contributed by atoms with E-state index < -0.39 is 0 Å². The van der Waals surface area contributed by atoms with Crippen molar-refractivity contribution in [2.75, 3.05) is 32.1 Å². The first-order valence-electron chi connectivity index (χ1n) is 8.27. The molecule has 0 aliphatic carbocycles. The molecule has 0 bridgehead atoms. The summed E-state index contributed by atoms with van der Waals surface area (Å²) in [5.74, 6) is -0.0987. The average Bonchev–Trinajstić information content (AvgIpc) is 3.02. The summed E-state index contributed by atoms with van der Waals surface area (Å²) in [5.41, 5.74) is 1.43. The fraction of sp³-hybridized carbons (Fsp3) is 0.263. The van der Waals surface area contributed by atoms with Crippen LogP contribution in [0.4, 0.5) is 5.13 Å². The van der Waals surface area contributed by atoms with Crippen LogP contribution in [0.1, 0.15) is 16.8 Å². The molecule has 3 rings (SSSR count). The number of aromatic nitrogens is 1. The van der Waals surface area contributed by atoms with E-state index in [1.165, 1.54) is 16.2 Å². The molecular formula is C19H21ClN3OS+. The summed E-state index contributed by atoms with van der Waals surface area (Å²) in [7, 11) is 4.22. The van der Waals surface area contributed by atoms with Gasteiger partial charge in [0, 0.05) is 13.0 Å². The Hall–Kier alpha value is -1.95. The normalized spacial score (nSPS) is 11.2. The van der Waals surface area contributed by atoms with Crippen LogP contribution in [0, 0.1) is 0 Å². The highest BCUT2D eigenvalue weighted by Gasteiger charge is 2.23. The average molecular weight is 375 g/mol. The van der Waals surface area contributed by atoms with E-state index in [4.69, 9.17) is 11.6 Å². The zero-order valence-corrected chi connectivity index (χ0v) is 15.9. The van der Waals surface area contributed by atoms with E-state index in [9.17, 15) is 4.79 Å². The van der Waals surface area contributed by atoms with Crippen molar-refractivity contribution in [1.29, 1.82) is 0 Å². The number of hydrogen-bond acceptors (Lipinski definition) is 3. The highest BCUT2D eigenvalue weighted by Crippen LogP contribution is 2.30. The zero-order valence-electron chi connectivity index (χ0n) is 14.3. The summed E-state index contributed by atoms with van der Waals surface area (Å²) in [6, 6.07) is 15.1. The lowest BCUT2D eigenvalue weighted by Crippen LogP contribution is -3.05. The van der Waals surface area contributed by atoms with Gasteiger partial charge in [0.15, 0.2) is 5.13 Å². The lowest BCUT2D eigenvalue weighted by Gasteiger charge is -2.21. The SMILES string of the molecule is C[NH+](C)CCCN(C(=O)c1ccccc1Cl)c1nc2ccccc2s1. The Bertz CT molecular complexity index is 845. The number of nitrogens with one attached hydrogen (secondary N) is 1. The first-order chi connectivity index (χ1) is 12.1. The predicted octanol–water partition coefficient (Wildman–Crippen LogP) is 3.13. The standard InChI is InChI=1S/C19H20ClN3OS/c1-22(2)12-7-13-23(18(24)14-8-3-4-9-15(14)20)19-21-16-10-5-6-11-17(16)25-19/h3-6,8-11H,7,12-13H2,1-2H3/p+1. The number of thiazole rings is 1. The number of carbonyl (C=O) groups excluding carboxylic acids is 1. The second-order valence-corrected chi connectivity index (χ2v) is 7.63. The number of para-hydroxylation sites is 1. The topological polar surface area (TPSA) is 37.6 Å². The van der Waals surface area contributed by atoms with Gasteiger partial charge in [-0.1, -0.05) is 47.2 Å². The molecule has 25 heavy (non-hydrogen) atoms. The van der Waals surface area contributed by atoms with E-state index in [1.807, 2.05) is 36.4 Å². The van der Waals surface area contributed by atoms with Gasteiger partial charge in [0.1, 0.15) is 0 Å². The number of carbonyl (C=O) groups is 1. The number of quaternary nitrogens is 1. The number of benzene rings is 2. The highest BCUT2D eigenvalue weighted by atomic mass is 35.5. The van der Waals surface area contributed by atoms with Gasteiger partial charge in [-0.3, -0.25) is 9.69 Å². The van der Waals surface area contributed by atoms with Crippen molar-refractivity contribution in [2.24, 2.45) is 0 Å². The molecule has 6 heteroatoms. The minimum absolute atomic E-state index is 0.0987. The van der Waals surface area contributed by atoms with Crippen molar-refractivity contribution < 1.29 is 9.69 Å². The van der Waals surface area contributed by atoms with Crippen LogP contribution in [0.2, 0.25) is 5.02 Å². The maximum Gasteiger partial charge on any atom is 0.261 e. The van der Waals surface area contributed by atoms with Gasteiger partial charge in [-0.15, -0.1) is 0 Å². The van der Waals surface area contributed by atoms with Gasteiger partial charge in [-0.25, -0.2) is 4.98 Å². The van der Waals surface area contributed by atoms with Crippen LogP contribution in [-0.4, -0.2) is 38.1 Å². The van der Waals surface area contributed by atoms with E-state index in [0.717, 1.165) is 28.3 Å². The Kier molecular flexibility index (Phi) is 5.68. The van der Waals surface area contributed by atoms with E-state index in [1.54, 1.807) is 17.0 Å². The van der Waals surface area contributed by atoms with Crippen LogP contribution in [-0.2, 0) is 0 Å². The lowest BCUT2D eigenvalue weighted by molar-refractivity contribution is -0.858. The molecule has 1 heterocycles. The van der Waals surface area contributed by atoms with E-state index in [0.29, 0.717) is 17.1 Å². The largest absolute Gasteiger partial charge is 0.340 e. The number of anilines is 1. The molecule has 0 atom stereocenters. The third kappa shape index (κ3) is 4.18. The molecule has 0 aliphatic heterocycles. The summed E-state index contributed by atoms with van der Waals surface area (Å²) < 4.78 is 1.08. The minimum Gasteiger partial charge on any atom is -0.340 e. The third-order valence-electron chi connectivity index (χ3n) is 3.92. The first kappa shape index (κ1) is 17.9. The lowest BCUT2D eigenvalue weighted by atomic mass is 10.2. The Labute approximate surface area is 156 Å². The smallest absolute Gasteiger partial charge is 0.261 e. The molecule has 1 aromatic heterocycles. The van der Waals surface area contributed by atoms with E-state index >= 15 is 0 Å². The van der Waals surface area contributed by atoms with Crippen LogP contribution in [0.15, 0.2) is 48.5 Å².